The molecule has 0 aromatic rings. The van der Waals surface area contributed by atoms with E-state index in [1.54, 1.807) is 0 Å². The normalized spacial score (nSPS) is 40.6. The zero-order valence-corrected chi connectivity index (χ0v) is 9.47. The summed E-state index contributed by atoms with van der Waals surface area (Å²) in [4.78, 5) is 25.5. The van der Waals surface area contributed by atoms with Crippen LogP contribution in [0, 0.1) is 23.7 Å². The van der Waals surface area contributed by atoms with E-state index in [1.807, 2.05) is 0 Å². The fourth-order valence-corrected chi connectivity index (χ4v) is 3.59. The van der Waals surface area contributed by atoms with Crippen molar-refractivity contribution in [2.45, 2.75) is 13.3 Å². The van der Waals surface area contributed by atoms with Crippen LogP contribution >= 0.6 is 0 Å². The number of amides is 2. The molecule has 86 valence electrons. The third kappa shape index (κ3) is 1.03. The molecule has 16 heavy (non-hydrogen) atoms. The molecule has 2 fully saturated rings. The van der Waals surface area contributed by atoms with E-state index in [4.69, 9.17) is 4.74 Å². The van der Waals surface area contributed by atoms with Crippen LogP contribution in [0.3, 0.4) is 0 Å². The van der Waals surface area contributed by atoms with E-state index < -0.39 is 0 Å². The van der Waals surface area contributed by atoms with Crippen LogP contribution in [-0.2, 0) is 14.3 Å². The van der Waals surface area contributed by atoms with Crippen molar-refractivity contribution in [3.8, 4) is 0 Å². The molecular weight excluding hydrogens is 206 g/mol. The summed E-state index contributed by atoms with van der Waals surface area (Å²) in [5.74, 6) is 0.320. The lowest BCUT2D eigenvalue weighted by molar-refractivity contribution is -0.145. The number of imide groups is 1. The van der Waals surface area contributed by atoms with Crippen molar-refractivity contribution in [2.24, 2.45) is 23.7 Å². The average Bonchev–Trinajstić information content (AvgIpc) is 2.85. The van der Waals surface area contributed by atoms with Crippen molar-refractivity contribution in [3.63, 3.8) is 0 Å². The van der Waals surface area contributed by atoms with Gasteiger partial charge in [0.2, 0.25) is 11.8 Å². The van der Waals surface area contributed by atoms with Gasteiger partial charge in [0, 0.05) is 7.11 Å². The van der Waals surface area contributed by atoms with Gasteiger partial charge in [-0.15, -0.1) is 0 Å². The Balaban J connectivity index is 1.94. The van der Waals surface area contributed by atoms with Crippen LogP contribution < -0.4 is 0 Å². The van der Waals surface area contributed by atoms with Gasteiger partial charge in [-0.3, -0.25) is 14.5 Å². The predicted octanol–water partition coefficient (Wildman–Crippen LogP) is 0.787. The molecule has 3 rings (SSSR count). The smallest absolute Gasteiger partial charge is 0.235 e. The first-order chi connectivity index (χ1) is 7.65. The monoisotopic (exact) mass is 221 g/mol. The van der Waals surface area contributed by atoms with Crippen LogP contribution in [0.5, 0.6) is 0 Å². The molecule has 0 N–H and O–H groups in total. The summed E-state index contributed by atoms with van der Waals surface area (Å²) in [6.45, 7) is 2.17. The highest BCUT2D eigenvalue weighted by molar-refractivity contribution is 6.06. The van der Waals surface area contributed by atoms with Gasteiger partial charge in [-0.25, -0.2) is 0 Å². The lowest BCUT2D eigenvalue weighted by atomic mass is 9.82. The van der Waals surface area contributed by atoms with Crippen molar-refractivity contribution < 1.29 is 14.3 Å². The molecule has 3 aliphatic rings. The number of carbonyl (C=O) groups is 2. The number of likely N-dealkylation sites (tertiary alicyclic amines) is 1. The van der Waals surface area contributed by atoms with Crippen LogP contribution in [0.4, 0.5) is 0 Å². The summed E-state index contributed by atoms with van der Waals surface area (Å²) in [5, 5.41) is 0. The first-order valence-corrected chi connectivity index (χ1v) is 5.67. The minimum atomic E-state index is -0.101. The van der Waals surface area contributed by atoms with Crippen LogP contribution in [0.15, 0.2) is 11.6 Å². The molecule has 4 heteroatoms. The molecular formula is C12H15NO3. The van der Waals surface area contributed by atoms with E-state index in [1.165, 1.54) is 17.6 Å². The summed E-state index contributed by atoms with van der Waals surface area (Å²) in [7, 11) is 1.51. The van der Waals surface area contributed by atoms with Gasteiger partial charge in [0.05, 0.1) is 11.8 Å². The molecule has 4 unspecified atom stereocenters. The van der Waals surface area contributed by atoms with Crippen LogP contribution in [0.2, 0.25) is 0 Å². The Labute approximate surface area is 94.2 Å². The molecule has 0 aromatic heterocycles. The third-order valence-corrected chi connectivity index (χ3v) is 4.23. The number of allylic oxidation sites excluding steroid dienone is 2. The van der Waals surface area contributed by atoms with Gasteiger partial charge in [-0.05, 0) is 25.2 Å². The molecule has 1 saturated heterocycles. The lowest BCUT2D eigenvalue weighted by Crippen LogP contribution is -2.34. The summed E-state index contributed by atoms with van der Waals surface area (Å²) in [5.41, 5.74) is 1.28. The summed E-state index contributed by atoms with van der Waals surface area (Å²) in [6.07, 6.45) is 3.16. The van der Waals surface area contributed by atoms with Gasteiger partial charge in [-0.1, -0.05) is 11.6 Å². The van der Waals surface area contributed by atoms with E-state index >= 15 is 0 Å². The topological polar surface area (TPSA) is 46.6 Å². The number of nitrogens with zero attached hydrogens (tertiary/aromatic N) is 1. The van der Waals surface area contributed by atoms with Gasteiger partial charge in [0.1, 0.15) is 6.73 Å². The van der Waals surface area contributed by atoms with Gasteiger partial charge in [0.25, 0.3) is 0 Å². The molecule has 1 heterocycles. The SMILES string of the molecule is COCN1C(=O)C2C3C=C(C)C(C3)C2C1=O. The predicted molar refractivity (Wildman–Crippen MR) is 56.1 cm³/mol. The van der Waals surface area contributed by atoms with Crippen molar-refractivity contribution in [3.05, 3.63) is 11.6 Å². The highest BCUT2D eigenvalue weighted by atomic mass is 16.5. The van der Waals surface area contributed by atoms with Crippen LogP contribution in [0.25, 0.3) is 0 Å². The fraction of sp³-hybridized carbons (Fsp3) is 0.667. The average molecular weight is 221 g/mol. The van der Waals surface area contributed by atoms with Crippen molar-refractivity contribution >= 4 is 11.8 Å². The van der Waals surface area contributed by atoms with E-state index in [2.05, 4.69) is 13.0 Å². The Morgan fingerprint density at radius 2 is 2.06 bits per heavy atom. The van der Waals surface area contributed by atoms with E-state index in [-0.39, 0.29) is 36.3 Å². The Kier molecular flexibility index (Phi) is 1.98. The van der Waals surface area contributed by atoms with E-state index in [9.17, 15) is 9.59 Å². The number of rotatable bonds is 2. The second-order valence-electron chi connectivity index (χ2n) is 4.99. The molecule has 0 aromatic carbocycles. The summed E-state index contributed by atoms with van der Waals surface area (Å²) >= 11 is 0. The quantitative estimate of drug-likeness (QED) is 0.511. The molecule has 2 amide bonds. The minimum absolute atomic E-state index is 0.0307. The molecule has 1 aliphatic heterocycles. The zero-order valence-electron chi connectivity index (χ0n) is 9.47. The van der Waals surface area contributed by atoms with Crippen LogP contribution in [0.1, 0.15) is 13.3 Å². The summed E-state index contributed by atoms with van der Waals surface area (Å²) < 4.78 is 4.92. The van der Waals surface area contributed by atoms with Crippen molar-refractivity contribution in [2.75, 3.05) is 13.8 Å². The first kappa shape index (κ1) is 10.0. The molecule has 0 radical (unpaired) electrons. The van der Waals surface area contributed by atoms with Crippen LogP contribution in [-0.4, -0.2) is 30.6 Å². The van der Waals surface area contributed by atoms with Gasteiger partial charge >= 0.3 is 0 Å². The number of carbonyl (C=O) groups excluding carboxylic acids is 2. The highest BCUT2D eigenvalue weighted by Crippen LogP contribution is 2.55. The Morgan fingerprint density at radius 1 is 1.38 bits per heavy atom. The first-order valence-electron chi connectivity index (χ1n) is 5.67. The number of methoxy groups -OCH3 is 1. The number of ether oxygens (including phenoxy) is 1. The molecule has 1 saturated carbocycles. The van der Waals surface area contributed by atoms with E-state index in [0.29, 0.717) is 5.92 Å². The standard InChI is InChI=1S/C12H15NO3/c1-6-3-7-4-8(6)10-9(7)11(14)13(5-16-2)12(10)15/h3,7-10H,4-5H2,1-2H3. The maximum Gasteiger partial charge on any atom is 0.235 e. The highest BCUT2D eigenvalue weighted by Gasteiger charge is 2.60. The zero-order chi connectivity index (χ0) is 11.4. The molecule has 4 atom stereocenters. The largest absolute Gasteiger partial charge is 0.364 e. The minimum Gasteiger partial charge on any atom is -0.364 e. The molecule has 0 spiro atoms. The third-order valence-electron chi connectivity index (χ3n) is 4.23. The Morgan fingerprint density at radius 3 is 2.75 bits per heavy atom. The second-order valence-corrected chi connectivity index (χ2v) is 4.99. The number of hydrogen-bond donors (Lipinski definition) is 0. The van der Waals surface area contributed by atoms with Crippen molar-refractivity contribution in [1.29, 1.82) is 0 Å². The second kappa shape index (κ2) is 3.17. The molecule has 2 aliphatic carbocycles. The number of fused-ring (bicyclic) bond motifs is 5. The van der Waals surface area contributed by atoms with Crippen molar-refractivity contribution in [1.82, 2.24) is 4.90 Å². The van der Waals surface area contributed by atoms with Gasteiger partial charge in [-0.2, -0.15) is 0 Å². The lowest BCUT2D eigenvalue weighted by Gasteiger charge is -2.18. The number of hydrogen-bond acceptors (Lipinski definition) is 3. The Hall–Kier alpha value is -1.16. The maximum atomic E-state index is 12.1. The molecule has 4 nitrogen and oxygen atoms in total. The van der Waals surface area contributed by atoms with Gasteiger partial charge in [0.15, 0.2) is 0 Å². The van der Waals surface area contributed by atoms with Gasteiger partial charge < -0.3 is 4.74 Å². The maximum absolute atomic E-state index is 12.1. The summed E-state index contributed by atoms with van der Waals surface area (Å²) in [6, 6.07) is 0. The molecule has 2 bridgehead atoms. The fourth-order valence-electron chi connectivity index (χ4n) is 3.59. The van der Waals surface area contributed by atoms with E-state index in [0.717, 1.165) is 6.42 Å². The Bertz CT molecular complexity index is 401.